The van der Waals surface area contributed by atoms with Crippen LogP contribution in [-0.4, -0.2) is 179 Å². The van der Waals surface area contributed by atoms with E-state index >= 15 is 0 Å². The highest BCUT2D eigenvalue weighted by Crippen LogP contribution is 2.38. The Morgan fingerprint density at radius 2 is 0.767 bits per heavy atom. The zero-order valence-electron chi connectivity index (χ0n) is 32.0. The zero-order valence-corrected chi connectivity index (χ0v) is 40.6. The summed E-state index contributed by atoms with van der Waals surface area (Å²) in [6.07, 6.45) is -6.28. The first-order chi connectivity index (χ1) is 28.3. The Kier molecular flexibility index (Phi) is 23.2. The molecule has 0 aliphatic carbocycles. The molecule has 0 saturated heterocycles. The molecule has 334 valence electrons. The summed E-state index contributed by atoms with van der Waals surface area (Å²) < 4.78 is 0.464. The highest BCUT2D eigenvalue weighted by atomic mass is 127. The first kappa shape index (κ1) is 54.0. The Morgan fingerprint density at radius 3 is 1.08 bits per heavy atom. The molecular formula is C35H46I4N6O15. The molecule has 5 atom stereocenters. The van der Waals surface area contributed by atoms with Crippen molar-refractivity contribution in [2.45, 2.75) is 44.4 Å². The number of carbonyl (C=O) groups excluding carboxylic acids is 6. The molecule has 0 aliphatic heterocycles. The van der Waals surface area contributed by atoms with E-state index < -0.39 is 93.7 Å². The molecule has 0 aliphatic rings. The number of amides is 6. The maximum atomic E-state index is 13.5. The lowest BCUT2D eigenvalue weighted by atomic mass is 9.98. The van der Waals surface area contributed by atoms with E-state index in [2.05, 4.69) is 21.3 Å². The number of nitrogens with one attached hydrogen (secondary N) is 4. The minimum Gasteiger partial charge on any atom is -0.394 e. The van der Waals surface area contributed by atoms with Crippen LogP contribution in [0.5, 0.6) is 0 Å². The Balaban J connectivity index is 2.74. The average Bonchev–Trinajstić information content (AvgIpc) is 3.21. The van der Waals surface area contributed by atoms with E-state index in [0.29, 0.717) is 12.8 Å². The summed E-state index contributed by atoms with van der Waals surface area (Å²) in [4.78, 5) is 81.7. The minimum absolute atomic E-state index is 0.0176. The van der Waals surface area contributed by atoms with Gasteiger partial charge < -0.3 is 77.0 Å². The van der Waals surface area contributed by atoms with Crippen LogP contribution in [-0.2, 0) is 9.59 Å². The summed E-state index contributed by atoms with van der Waals surface area (Å²) in [7, 11) is 0. The van der Waals surface area contributed by atoms with Gasteiger partial charge in [0, 0.05) is 29.7 Å². The first-order valence-electron chi connectivity index (χ1n) is 17.7. The molecule has 13 N–H and O–H groups in total. The summed E-state index contributed by atoms with van der Waals surface area (Å²) in [5.41, 5.74) is -0.235. The molecule has 0 saturated carbocycles. The first-order valence-corrected chi connectivity index (χ1v) is 22.0. The van der Waals surface area contributed by atoms with Crippen molar-refractivity contribution in [3.63, 3.8) is 0 Å². The van der Waals surface area contributed by atoms with Crippen LogP contribution in [0.25, 0.3) is 0 Å². The second kappa shape index (κ2) is 25.8. The van der Waals surface area contributed by atoms with Crippen LogP contribution < -0.4 is 31.1 Å². The second-order valence-electron chi connectivity index (χ2n) is 13.1. The summed E-state index contributed by atoms with van der Waals surface area (Å²) >= 11 is 7.05. The predicted molar refractivity (Wildman–Crippen MR) is 248 cm³/mol. The number of aliphatic hydroxyl groups excluding tert-OH is 9. The van der Waals surface area contributed by atoms with E-state index in [1.165, 1.54) is 13.8 Å². The maximum Gasteiger partial charge on any atom is 0.253 e. The summed E-state index contributed by atoms with van der Waals surface area (Å²) in [6, 6.07) is 0. The summed E-state index contributed by atoms with van der Waals surface area (Å²) in [5, 5.41) is 97.8. The minimum atomic E-state index is -1.61. The summed E-state index contributed by atoms with van der Waals surface area (Å²) in [5.74, 6) is -3.21. The van der Waals surface area contributed by atoms with Crippen molar-refractivity contribution in [1.29, 1.82) is 0 Å². The highest BCUT2D eigenvalue weighted by Gasteiger charge is 2.33. The second-order valence-corrected chi connectivity index (χ2v) is 17.4. The molecule has 0 fully saturated rings. The molecule has 2 rings (SSSR count). The Labute approximate surface area is 398 Å². The molecule has 0 heterocycles. The molecule has 2 aromatic carbocycles. The van der Waals surface area contributed by atoms with Crippen LogP contribution in [0.4, 0.5) is 11.4 Å². The van der Waals surface area contributed by atoms with Crippen LogP contribution in [0.2, 0.25) is 0 Å². The van der Waals surface area contributed by atoms with Gasteiger partial charge in [-0.05, 0) is 115 Å². The van der Waals surface area contributed by atoms with Gasteiger partial charge in [-0.1, -0.05) is 0 Å². The molecule has 0 spiro atoms. The van der Waals surface area contributed by atoms with Crippen LogP contribution in [0.15, 0.2) is 0 Å². The number of rotatable bonds is 24. The lowest BCUT2D eigenvalue weighted by Crippen LogP contribution is -2.42. The molecule has 0 aromatic heterocycles. The quantitative estimate of drug-likeness (QED) is 0.0369. The van der Waals surface area contributed by atoms with E-state index in [-0.39, 0.29) is 85.2 Å². The van der Waals surface area contributed by atoms with Crippen molar-refractivity contribution in [2.24, 2.45) is 0 Å². The van der Waals surface area contributed by atoms with Gasteiger partial charge in [0.25, 0.3) is 23.6 Å². The normalized spacial score (nSPS) is 13.7. The molecule has 6 amide bonds. The van der Waals surface area contributed by atoms with E-state index in [4.69, 9.17) is 0 Å². The Hall–Kier alpha value is -2.18. The number of anilines is 2. The number of nitrogens with zero attached hydrogens (tertiary/aromatic N) is 2. The number of halogens is 4. The standard InChI is InChI=1S/C35H46I4N6O15/c1-15-22(32(57)40-3-17(52)9-46)27(37)31(28(38)23(15)33(58)41-4-18(53)10-47)45(14-51)8-21(56)7-44(13-50)30-16(2)24(34(59)42-5-19(54)11-48)26(36)25(29(30)39)35(60)43-6-20(55)12-49/h13-14,17-21,46-49,52-56H,3-12H2,1-2H3,(H,40,57)(H,41,58)(H,42,59)(H,43,60). The lowest BCUT2D eigenvalue weighted by Gasteiger charge is -2.30. The molecule has 60 heavy (non-hydrogen) atoms. The SMILES string of the molecule is Cc1c(C(=O)NCC(O)CO)c(I)c(N(C=O)CC(O)CN(C=O)c2c(C)c(C(=O)NCC(O)CO)c(I)c(C(=O)NCC(O)CO)c2I)c(I)c1C(=O)NCC(O)CO. The van der Waals surface area contributed by atoms with Crippen molar-refractivity contribution in [1.82, 2.24) is 21.3 Å². The van der Waals surface area contributed by atoms with Gasteiger partial charge in [-0.3, -0.25) is 28.8 Å². The Bertz CT molecular complexity index is 1660. The number of benzene rings is 2. The number of hydrogen-bond acceptors (Lipinski definition) is 15. The summed E-state index contributed by atoms with van der Waals surface area (Å²) in [6.45, 7) is -2.45. The van der Waals surface area contributed by atoms with Gasteiger partial charge in [0.1, 0.15) is 0 Å². The topological polar surface area (TPSA) is 339 Å². The van der Waals surface area contributed by atoms with Gasteiger partial charge in [0.05, 0.1) is 114 Å². The highest BCUT2D eigenvalue weighted by molar-refractivity contribution is 14.1. The smallest absolute Gasteiger partial charge is 0.253 e. The van der Waals surface area contributed by atoms with Gasteiger partial charge in [-0.25, -0.2) is 0 Å². The Morgan fingerprint density at radius 1 is 0.483 bits per heavy atom. The van der Waals surface area contributed by atoms with E-state index in [1.54, 1.807) is 90.4 Å². The third kappa shape index (κ3) is 13.9. The third-order valence-corrected chi connectivity index (χ3v) is 12.8. The van der Waals surface area contributed by atoms with Crippen LogP contribution >= 0.6 is 90.4 Å². The van der Waals surface area contributed by atoms with Crippen molar-refractivity contribution in [2.75, 3.05) is 75.5 Å². The molecule has 25 heteroatoms. The van der Waals surface area contributed by atoms with E-state index in [1.807, 2.05) is 0 Å². The van der Waals surface area contributed by atoms with Crippen LogP contribution in [0, 0.1) is 28.1 Å². The van der Waals surface area contributed by atoms with Crippen molar-refractivity contribution < 1.29 is 74.7 Å². The van der Waals surface area contributed by atoms with Crippen molar-refractivity contribution in [3.8, 4) is 0 Å². The molecule has 0 bridgehead atoms. The van der Waals surface area contributed by atoms with Crippen molar-refractivity contribution >= 4 is 138 Å². The molecule has 5 unspecified atom stereocenters. The van der Waals surface area contributed by atoms with Gasteiger partial charge in [-0.15, -0.1) is 0 Å². The lowest BCUT2D eigenvalue weighted by molar-refractivity contribution is -0.108. The average molecular weight is 1300 g/mol. The number of aliphatic hydroxyl groups is 9. The van der Waals surface area contributed by atoms with Crippen LogP contribution in [0.3, 0.4) is 0 Å². The third-order valence-electron chi connectivity index (χ3n) is 8.59. The van der Waals surface area contributed by atoms with Crippen molar-refractivity contribution in [3.05, 3.63) is 47.7 Å². The monoisotopic (exact) mass is 1300 g/mol. The molecule has 21 nitrogen and oxygen atoms in total. The van der Waals surface area contributed by atoms with Crippen LogP contribution in [0.1, 0.15) is 52.6 Å². The van der Waals surface area contributed by atoms with Gasteiger partial charge in [-0.2, -0.15) is 0 Å². The predicted octanol–water partition coefficient (Wildman–Crippen LogP) is -2.96. The van der Waals surface area contributed by atoms with E-state index in [0.717, 1.165) is 9.80 Å². The number of hydrogen-bond donors (Lipinski definition) is 13. The molecular weight excluding hydrogens is 1250 g/mol. The van der Waals surface area contributed by atoms with Gasteiger partial charge in [0.2, 0.25) is 12.8 Å². The zero-order chi connectivity index (χ0) is 45.6. The fourth-order valence-electron chi connectivity index (χ4n) is 5.52. The number of carbonyl (C=O) groups is 6. The van der Waals surface area contributed by atoms with Gasteiger partial charge >= 0.3 is 0 Å². The van der Waals surface area contributed by atoms with Gasteiger partial charge in [0.15, 0.2) is 0 Å². The van der Waals surface area contributed by atoms with E-state index in [9.17, 15) is 74.7 Å². The molecule has 2 aromatic rings. The fourth-order valence-corrected chi connectivity index (χ4v) is 11.4. The largest absolute Gasteiger partial charge is 0.394 e. The maximum absolute atomic E-state index is 13.5. The molecule has 0 radical (unpaired) electrons. The fraction of sp³-hybridized carbons (Fsp3) is 0.486.